The number of cyclic esters (lactones) is 1. The fourth-order valence-corrected chi connectivity index (χ4v) is 11.0. The minimum absolute atomic E-state index is 0.0453. The lowest BCUT2D eigenvalue weighted by Crippen LogP contribution is -2.67. The fourth-order valence-electron chi connectivity index (χ4n) is 9.72. The Balaban J connectivity index is 1.27. The van der Waals surface area contributed by atoms with Gasteiger partial charge in [-0.3, -0.25) is 29.2 Å². The Labute approximate surface area is 400 Å². The number of amides is 5. The lowest BCUT2D eigenvalue weighted by Gasteiger charge is -2.41. The van der Waals surface area contributed by atoms with Crippen molar-refractivity contribution < 1.29 is 33.4 Å². The van der Waals surface area contributed by atoms with E-state index in [0.29, 0.717) is 50.3 Å². The first-order chi connectivity index (χ1) is 31.8. The molecule has 5 atom stereocenters. The molecule has 3 radical (unpaired) electrons. The summed E-state index contributed by atoms with van der Waals surface area (Å²) in [5.74, 6) is -2.08. The molecule has 357 valence electrons. The number of nitrogens with zero attached hydrogens (tertiary/aromatic N) is 7. The summed E-state index contributed by atoms with van der Waals surface area (Å²) in [5, 5.41) is 6.58. The van der Waals surface area contributed by atoms with Crippen LogP contribution in [0.4, 0.5) is 4.79 Å². The number of esters is 1. The SMILES string of the molecule is C=CC(=O)N1CC[C@H](N(C)C(=O)N(C)[C@H](C(=O)N[C@H]2Cc3nc(cs3)-c3ccc4c(c3)c(c(-c3cccnc3[C@H](C)OC)n4CC)CC(C)(C)COC(=O)[C@@]3([Si])CCCN(N3)C2=O)C(C)C)C1. The van der Waals surface area contributed by atoms with Gasteiger partial charge in [-0.25, -0.2) is 15.2 Å². The van der Waals surface area contributed by atoms with Crippen LogP contribution in [0, 0.1) is 11.3 Å². The van der Waals surface area contributed by atoms with Gasteiger partial charge < -0.3 is 34.1 Å². The Hall–Kier alpha value is -5.43. The summed E-state index contributed by atoms with van der Waals surface area (Å²) in [6.45, 7) is 17.4. The van der Waals surface area contributed by atoms with Gasteiger partial charge in [0.1, 0.15) is 17.2 Å². The van der Waals surface area contributed by atoms with E-state index in [0.717, 1.165) is 44.7 Å². The normalized spacial score (nSPS) is 22.0. The van der Waals surface area contributed by atoms with Gasteiger partial charge in [-0.15, -0.1) is 11.3 Å². The molecule has 2 fully saturated rings. The number of hydrazine groups is 1. The molecule has 3 aliphatic heterocycles. The Morgan fingerprint density at radius 3 is 2.63 bits per heavy atom. The number of ether oxygens (including phenoxy) is 2. The van der Waals surface area contributed by atoms with Crippen molar-refractivity contribution in [2.45, 2.75) is 110 Å². The second kappa shape index (κ2) is 20.0. The molecule has 67 heavy (non-hydrogen) atoms. The number of aromatic nitrogens is 3. The molecule has 18 heteroatoms. The second-order valence-corrected chi connectivity index (χ2v) is 21.0. The van der Waals surface area contributed by atoms with Crippen LogP contribution in [0.5, 0.6) is 0 Å². The number of thiazole rings is 1. The number of benzene rings is 1. The van der Waals surface area contributed by atoms with Crippen molar-refractivity contribution in [2.75, 3.05) is 47.4 Å². The predicted octanol–water partition coefficient (Wildman–Crippen LogP) is 5.49. The maximum Gasteiger partial charge on any atom is 0.323 e. The molecule has 3 aliphatic rings. The first-order valence-corrected chi connectivity index (χ1v) is 24.5. The van der Waals surface area contributed by atoms with E-state index in [2.05, 4.69) is 77.2 Å². The molecule has 0 unspecified atom stereocenters. The number of nitrogens with one attached hydrogen (secondary N) is 2. The topological polar surface area (TPSA) is 172 Å². The number of pyridine rings is 1. The van der Waals surface area contributed by atoms with Crippen LogP contribution in [0.3, 0.4) is 0 Å². The van der Waals surface area contributed by atoms with Crippen LogP contribution in [0.25, 0.3) is 33.4 Å². The molecule has 0 saturated carbocycles. The zero-order valence-corrected chi connectivity index (χ0v) is 42.0. The third kappa shape index (κ3) is 10.1. The number of hydrogen-bond donors (Lipinski definition) is 2. The van der Waals surface area contributed by atoms with E-state index in [4.69, 9.17) is 19.4 Å². The molecule has 5 amide bonds. The molecule has 6 bridgehead atoms. The Bertz CT molecular complexity index is 2540. The number of urea groups is 1. The quantitative estimate of drug-likeness (QED) is 0.118. The molecule has 6 heterocycles. The van der Waals surface area contributed by atoms with E-state index in [-0.39, 0.29) is 49.6 Å². The zero-order valence-electron chi connectivity index (χ0n) is 40.2. The van der Waals surface area contributed by atoms with Gasteiger partial charge in [0.25, 0.3) is 5.91 Å². The highest BCUT2D eigenvalue weighted by atomic mass is 32.1. The van der Waals surface area contributed by atoms with Crippen LogP contribution in [-0.2, 0) is 48.0 Å². The van der Waals surface area contributed by atoms with E-state index < -0.39 is 40.4 Å². The average molecular weight is 951 g/mol. The van der Waals surface area contributed by atoms with Crippen LogP contribution < -0.4 is 10.7 Å². The van der Waals surface area contributed by atoms with Crippen molar-refractivity contribution in [3.63, 3.8) is 0 Å². The monoisotopic (exact) mass is 950 g/mol. The molecule has 16 nitrogen and oxygen atoms in total. The summed E-state index contributed by atoms with van der Waals surface area (Å²) in [4.78, 5) is 84.3. The molecule has 2 N–H and O–H groups in total. The van der Waals surface area contributed by atoms with Gasteiger partial charge in [0.05, 0.1) is 51.1 Å². The second-order valence-electron chi connectivity index (χ2n) is 19.2. The van der Waals surface area contributed by atoms with Gasteiger partial charge in [-0.1, -0.05) is 40.3 Å². The van der Waals surface area contributed by atoms with Gasteiger partial charge in [0.2, 0.25) is 11.8 Å². The highest BCUT2D eigenvalue weighted by Crippen LogP contribution is 2.42. The first-order valence-electron chi connectivity index (χ1n) is 23.1. The van der Waals surface area contributed by atoms with Crippen molar-refractivity contribution in [1.29, 1.82) is 0 Å². The standard InChI is InChI=1S/C49H64N9O7SSi/c1-11-40(59)56-22-18-32(26-56)54(8)47(63)55(9)42(29(3)4)44(60)52-36-24-39-51-37(27-66-39)31-16-17-38-34(23-31)35(43(57(38)12-2)33-15-13-20-50-41(33)30(5)64-10)25-48(6,7)28-65-46(62)49(67)19-14-21-58(53-49)45(36)61/h11,13,15-17,20,23,27,29-30,32,36,42,53H,1,12,14,18-19,21-22,24-26,28H2,2-10H3,(H,52,60)/t30-,32-,36-,42-,49-/m0/s1. The van der Waals surface area contributed by atoms with Crippen LogP contribution in [0.2, 0.25) is 0 Å². The summed E-state index contributed by atoms with van der Waals surface area (Å²) in [7, 11) is 8.65. The first kappa shape index (κ1) is 49.5. The van der Waals surface area contributed by atoms with Crippen LogP contribution in [0.15, 0.2) is 54.6 Å². The number of rotatable bonds is 10. The molecule has 2 saturated heterocycles. The molecule has 4 aromatic rings. The van der Waals surface area contributed by atoms with Gasteiger partial charge in [-0.2, -0.15) is 0 Å². The molecule has 0 aliphatic carbocycles. The summed E-state index contributed by atoms with van der Waals surface area (Å²) in [6.07, 6.45) is 4.77. The molecule has 7 rings (SSSR count). The Morgan fingerprint density at radius 2 is 1.93 bits per heavy atom. The minimum Gasteiger partial charge on any atom is -0.464 e. The molecular formula is C49H64N9O7SSi. The average Bonchev–Trinajstić information content (AvgIpc) is 4.07. The highest BCUT2D eigenvalue weighted by Gasteiger charge is 2.44. The number of likely N-dealkylation sites (tertiary alicyclic amines) is 1. The van der Waals surface area contributed by atoms with Crippen molar-refractivity contribution >= 4 is 62.2 Å². The molecule has 1 aromatic carbocycles. The fraction of sp³-hybridized carbons (Fsp3) is 0.531. The van der Waals surface area contributed by atoms with Crippen LogP contribution in [-0.4, -0.2) is 145 Å². The Morgan fingerprint density at radius 1 is 1.16 bits per heavy atom. The molecular weight excluding hydrogens is 887 g/mol. The summed E-state index contributed by atoms with van der Waals surface area (Å²) in [5.41, 5.74) is 9.12. The van der Waals surface area contributed by atoms with Gasteiger partial charge in [-0.05, 0) is 81.4 Å². The number of aryl methyl sites for hydroxylation is 1. The third-order valence-corrected chi connectivity index (χ3v) is 14.8. The highest BCUT2D eigenvalue weighted by molar-refractivity contribution is 7.10. The van der Waals surface area contributed by atoms with Gasteiger partial charge in [0, 0.05) is 92.8 Å². The summed E-state index contributed by atoms with van der Waals surface area (Å²) >= 11 is 1.39. The molecule has 3 aromatic heterocycles. The predicted molar refractivity (Wildman–Crippen MR) is 259 cm³/mol. The smallest absolute Gasteiger partial charge is 0.323 e. The lowest BCUT2D eigenvalue weighted by atomic mass is 9.84. The van der Waals surface area contributed by atoms with Crippen molar-refractivity contribution in [1.82, 2.24) is 45.0 Å². The van der Waals surface area contributed by atoms with E-state index in [1.807, 2.05) is 32.2 Å². The maximum absolute atomic E-state index is 14.8. The summed E-state index contributed by atoms with van der Waals surface area (Å²) < 4.78 is 14.3. The van der Waals surface area contributed by atoms with Crippen molar-refractivity contribution in [3.05, 3.63) is 70.8 Å². The van der Waals surface area contributed by atoms with E-state index in [1.54, 1.807) is 37.2 Å². The number of methoxy groups -OCH3 is 1. The Kier molecular flexibility index (Phi) is 14.8. The largest absolute Gasteiger partial charge is 0.464 e. The lowest BCUT2D eigenvalue weighted by molar-refractivity contribution is -0.158. The number of fused-ring (bicyclic) bond motifs is 6. The number of carbonyl (C=O) groups excluding carboxylic acids is 5. The third-order valence-electron chi connectivity index (χ3n) is 13.4. The number of hydrogen-bond acceptors (Lipinski definition) is 11. The van der Waals surface area contributed by atoms with Crippen molar-refractivity contribution in [3.8, 4) is 22.5 Å². The number of likely N-dealkylation sites (N-methyl/N-ethyl adjacent to an activating group) is 2. The maximum atomic E-state index is 14.8. The van der Waals surface area contributed by atoms with Gasteiger partial charge >= 0.3 is 12.0 Å². The van der Waals surface area contributed by atoms with E-state index in [1.165, 1.54) is 27.3 Å². The van der Waals surface area contributed by atoms with Crippen molar-refractivity contribution in [2.24, 2.45) is 11.3 Å². The van der Waals surface area contributed by atoms with Crippen LogP contribution >= 0.6 is 11.3 Å². The van der Waals surface area contributed by atoms with E-state index in [9.17, 15) is 24.0 Å². The zero-order chi connectivity index (χ0) is 48.5. The number of carbonyl (C=O) groups is 5. The van der Waals surface area contributed by atoms with Crippen LogP contribution in [0.1, 0.15) is 83.2 Å². The summed E-state index contributed by atoms with van der Waals surface area (Å²) in [6, 6.07) is 7.65. The molecule has 0 spiro atoms. The minimum atomic E-state index is -1.43. The van der Waals surface area contributed by atoms with Gasteiger partial charge in [0.15, 0.2) is 0 Å². The van der Waals surface area contributed by atoms with E-state index >= 15 is 0 Å².